The average Bonchev–Trinajstić information content (AvgIpc) is 1.88. The van der Waals surface area contributed by atoms with Crippen molar-refractivity contribution in [3.8, 4) is 0 Å². The molecule has 1 heterocycles. The molecule has 0 bridgehead atoms. The van der Waals surface area contributed by atoms with Gasteiger partial charge in [0.15, 0.2) is 6.29 Å². The molecular formula is C6H6BrNO2. The van der Waals surface area contributed by atoms with Gasteiger partial charge >= 0.3 is 0 Å². The monoisotopic (exact) mass is 203 g/mol. The van der Waals surface area contributed by atoms with E-state index in [1.807, 2.05) is 0 Å². The van der Waals surface area contributed by atoms with Gasteiger partial charge in [-0.15, -0.1) is 0 Å². The Kier molecular flexibility index (Phi) is 2.37. The van der Waals surface area contributed by atoms with Crippen molar-refractivity contribution in [3.05, 3.63) is 28.5 Å². The van der Waals surface area contributed by atoms with Crippen LogP contribution >= 0.6 is 15.9 Å². The molecule has 0 unspecified atom stereocenters. The van der Waals surface area contributed by atoms with Crippen molar-refractivity contribution in [1.82, 2.24) is 4.98 Å². The zero-order valence-corrected chi connectivity index (χ0v) is 6.62. The summed E-state index contributed by atoms with van der Waals surface area (Å²) in [5.74, 6) is 0. The Hall–Kier alpha value is -0.450. The number of rotatable bonds is 1. The molecule has 0 atom stereocenters. The summed E-state index contributed by atoms with van der Waals surface area (Å²) >= 11 is 3.11. The second-order valence-corrected chi connectivity index (χ2v) is 2.63. The summed E-state index contributed by atoms with van der Waals surface area (Å²) in [6.45, 7) is 0. The third-order valence-electron chi connectivity index (χ3n) is 1.08. The van der Waals surface area contributed by atoms with Crippen LogP contribution in [0.1, 0.15) is 11.9 Å². The smallest absolute Gasteiger partial charge is 0.179 e. The van der Waals surface area contributed by atoms with Gasteiger partial charge in [0.1, 0.15) is 0 Å². The lowest BCUT2D eigenvalue weighted by molar-refractivity contribution is -0.0430. The molecule has 0 saturated heterocycles. The molecule has 0 aliphatic carbocycles. The third kappa shape index (κ3) is 1.53. The van der Waals surface area contributed by atoms with Gasteiger partial charge in [-0.05, 0) is 22.0 Å². The summed E-state index contributed by atoms with van der Waals surface area (Å²) in [6.07, 6.45) is 1.58. The van der Waals surface area contributed by atoms with Gasteiger partial charge in [-0.2, -0.15) is 0 Å². The Morgan fingerprint density at radius 2 is 2.20 bits per heavy atom. The number of pyridine rings is 1. The van der Waals surface area contributed by atoms with Crippen LogP contribution in [0.25, 0.3) is 0 Å². The van der Waals surface area contributed by atoms with Crippen molar-refractivity contribution in [2.45, 2.75) is 6.29 Å². The highest BCUT2D eigenvalue weighted by atomic mass is 79.9. The van der Waals surface area contributed by atoms with E-state index in [1.165, 1.54) is 18.5 Å². The molecule has 0 fully saturated rings. The SMILES string of the molecule is OC(O)c1ccncc1Br. The predicted octanol–water partition coefficient (Wildman–Crippen LogP) is 0.827. The fourth-order valence-corrected chi connectivity index (χ4v) is 1.05. The molecule has 0 amide bonds. The van der Waals surface area contributed by atoms with E-state index >= 15 is 0 Å². The van der Waals surface area contributed by atoms with Crippen LogP contribution in [0.5, 0.6) is 0 Å². The standard InChI is InChI=1S/C6H6BrNO2/c7-5-3-8-2-1-4(5)6(9)10/h1-3,6,9-10H. The number of hydrogen-bond acceptors (Lipinski definition) is 3. The lowest BCUT2D eigenvalue weighted by Crippen LogP contribution is -1.95. The van der Waals surface area contributed by atoms with Crippen LogP contribution in [-0.4, -0.2) is 15.2 Å². The Morgan fingerprint density at radius 3 is 2.60 bits per heavy atom. The van der Waals surface area contributed by atoms with Crippen LogP contribution in [0.2, 0.25) is 0 Å². The third-order valence-corrected chi connectivity index (χ3v) is 1.74. The fraction of sp³-hybridized carbons (Fsp3) is 0.167. The first kappa shape index (κ1) is 7.65. The molecule has 1 aromatic heterocycles. The molecule has 0 spiro atoms. The highest BCUT2D eigenvalue weighted by Gasteiger charge is 2.05. The van der Waals surface area contributed by atoms with E-state index in [1.54, 1.807) is 0 Å². The van der Waals surface area contributed by atoms with E-state index in [0.29, 0.717) is 10.0 Å². The van der Waals surface area contributed by atoms with Crippen LogP contribution < -0.4 is 0 Å². The van der Waals surface area contributed by atoms with Crippen LogP contribution in [0.15, 0.2) is 22.9 Å². The Labute approximate surface area is 66.5 Å². The quantitative estimate of drug-likeness (QED) is 0.666. The fourth-order valence-electron chi connectivity index (χ4n) is 0.595. The van der Waals surface area contributed by atoms with Crippen LogP contribution in [0, 0.1) is 0 Å². The zero-order chi connectivity index (χ0) is 7.56. The first-order valence-electron chi connectivity index (χ1n) is 2.67. The van der Waals surface area contributed by atoms with Crippen LogP contribution in [0.4, 0.5) is 0 Å². The van der Waals surface area contributed by atoms with Gasteiger partial charge in [0.2, 0.25) is 0 Å². The van der Waals surface area contributed by atoms with E-state index in [0.717, 1.165) is 0 Å². The largest absolute Gasteiger partial charge is 0.364 e. The number of hydrogen-bond donors (Lipinski definition) is 2. The van der Waals surface area contributed by atoms with Gasteiger partial charge in [-0.3, -0.25) is 4.98 Å². The van der Waals surface area contributed by atoms with Crippen molar-refractivity contribution in [3.63, 3.8) is 0 Å². The number of aliphatic hydroxyl groups excluding tert-OH is 1. The number of halogens is 1. The van der Waals surface area contributed by atoms with Gasteiger partial charge in [-0.1, -0.05) is 0 Å². The first-order chi connectivity index (χ1) is 4.72. The van der Waals surface area contributed by atoms with Crippen molar-refractivity contribution in [2.75, 3.05) is 0 Å². The second kappa shape index (κ2) is 3.09. The Morgan fingerprint density at radius 1 is 1.50 bits per heavy atom. The molecule has 1 aromatic rings. The Balaban J connectivity index is 3.03. The molecule has 4 heteroatoms. The van der Waals surface area contributed by atoms with Crippen molar-refractivity contribution in [2.24, 2.45) is 0 Å². The van der Waals surface area contributed by atoms with E-state index in [4.69, 9.17) is 10.2 Å². The number of aliphatic hydroxyl groups is 2. The average molecular weight is 204 g/mol. The molecule has 10 heavy (non-hydrogen) atoms. The van der Waals surface area contributed by atoms with E-state index in [9.17, 15) is 0 Å². The molecule has 1 rings (SSSR count). The highest BCUT2D eigenvalue weighted by Crippen LogP contribution is 2.19. The van der Waals surface area contributed by atoms with E-state index in [2.05, 4.69) is 20.9 Å². The molecule has 54 valence electrons. The number of aromatic nitrogens is 1. The van der Waals surface area contributed by atoms with Crippen molar-refractivity contribution < 1.29 is 10.2 Å². The van der Waals surface area contributed by atoms with Crippen LogP contribution in [-0.2, 0) is 0 Å². The normalized spacial score (nSPS) is 10.4. The van der Waals surface area contributed by atoms with E-state index in [-0.39, 0.29) is 0 Å². The summed E-state index contributed by atoms with van der Waals surface area (Å²) in [4.78, 5) is 3.76. The maximum Gasteiger partial charge on any atom is 0.179 e. The molecular weight excluding hydrogens is 198 g/mol. The summed E-state index contributed by atoms with van der Waals surface area (Å²) in [7, 11) is 0. The number of nitrogens with zero attached hydrogens (tertiary/aromatic N) is 1. The van der Waals surface area contributed by atoms with Gasteiger partial charge in [0.05, 0.1) is 0 Å². The molecule has 0 aliphatic rings. The lowest BCUT2D eigenvalue weighted by atomic mass is 10.3. The summed E-state index contributed by atoms with van der Waals surface area (Å²) < 4.78 is 0.602. The topological polar surface area (TPSA) is 53.4 Å². The summed E-state index contributed by atoms with van der Waals surface area (Å²) in [6, 6.07) is 1.54. The maximum absolute atomic E-state index is 8.70. The van der Waals surface area contributed by atoms with Crippen LogP contribution in [0.3, 0.4) is 0 Å². The molecule has 0 saturated carbocycles. The highest BCUT2D eigenvalue weighted by molar-refractivity contribution is 9.10. The van der Waals surface area contributed by atoms with E-state index < -0.39 is 6.29 Å². The molecule has 0 aliphatic heterocycles. The minimum Gasteiger partial charge on any atom is -0.364 e. The summed E-state index contributed by atoms with van der Waals surface area (Å²) in [5, 5.41) is 17.4. The van der Waals surface area contributed by atoms with Crippen molar-refractivity contribution >= 4 is 15.9 Å². The minimum atomic E-state index is -1.43. The zero-order valence-electron chi connectivity index (χ0n) is 5.03. The molecule has 3 nitrogen and oxygen atoms in total. The lowest BCUT2D eigenvalue weighted by Gasteiger charge is -2.03. The van der Waals surface area contributed by atoms with Gasteiger partial charge in [-0.25, -0.2) is 0 Å². The van der Waals surface area contributed by atoms with Crippen molar-refractivity contribution in [1.29, 1.82) is 0 Å². The van der Waals surface area contributed by atoms with Gasteiger partial charge < -0.3 is 10.2 Å². The maximum atomic E-state index is 8.70. The molecule has 0 aromatic carbocycles. The predicted molar refractivity (Wildman–Crippen MR) is 39.1 cm³/mol. The van der Waals surface area contributed by atoms with Gasteiger partial charge in [0, 0.05) is 22.4 Å². The Bertz CT molecular complexity index is 227. The summed E-state index contributed by atoms with van der Waals surface area (Å²) in [5.41, 5.74) is 0.426. The van der Waals surface area contributed by atoms with Gasteiger partial charge in [0.25, 0.3) is 0 Å². The molecule has 2 N–H and O–H groups in total. The first-order valence-corrected chi connectivity index (χ1v) is 3.46. The molecule has 0 radical (unpaired) electrons. The second-order valence-electron chi connectivity index (χ2n) is 1.77. The minimum absolute atomic E-state index is 0.426.